The van der Waals surface area contributed by atoms with E-state index in [0.717, 1.165) is 19.6 Å². The van der Waals surface area contributed by atoms with Crippen LogP contribution < -0.4 is 5.32 Å². The Balaban J connectivity index is 1.98. The van der Waals surface area contributed by atoms with Gasteiger partial charge in [0.2, 0.25) is 0 Å². The number of nitrogens with one attached hydrogen (secondary N) is 1. The zero-order chi connectivity index (χ0) is 13.0. The second kappa shape index (κ2) is 5.98. The maximum absolute atomic E-state index is 10.8. The van der Waals surface area contributed by atoms with Gasteiger partial charge in [0, 0.05) is 31.7 Å². The normalized spacial score (nSPS) is 24.9. The Bertz CT molecular complexity index is 394. The van der Waals surface area contributed by atoms with E-state index in [1.165, 1.54) is 5.56 Å². The molecule has 2 rings (SSSR count). The summed E-state index contributed by atoms with van der Waals surface area (Å²) >= 11 is 0. The first kappa shape index (κ1) is 13.1. The van der Waals surface area contributed by atoms with E-state index in [2.05, 4.69) is 29.3 Å². The van der Waals surface area contributed by atoms with Crippen LogP contribution in [-0.2, 0) is 11.3 Å². The van der Waals surface area contributed by atoms with Crippen LogP contribution in [0.2, 0.25) is 0 Å². The summed E-state index contributed by atoms with van der Waals surface area (Å²) in [6, 6.07) is 10.6. The van der Waals surface area contributed by atoms with Crippen LogP contribution in [0.4, 0.5) is 0 Å². The molecule has 0 saturated carbocycles. The molecule has 1 aliphatic rings. The molecule has 4 nitrogen and oxygen atoms in total. The third-order valence-electron chi connectivity index (χ3n) is 3.59. The van der Waals surface area contributed by atoms with Gasteiger partial charge in [-0.1, -0.05) is 30.3 Å². The molecule has 1 saturated heterocycles. The van der Waals surface area contributed by atoms with E-state index in [-0.39, 0.29) is 18.5 Å². The number of nitrogens with zero attached hydrogens (tertiary/aromatic N) is 1. The fraction of sp³-hybridized carbons (Fsp3) is 0.500. The lowest BCUT2D eigenvalue weighted by molar-refractivity contribution is -0.138. The minimum Gasteiger partial charge on any atom is -0.481 e. The van der Waals surface area contributed by atoms with E-state index in [4.69, 9.17) is 5.11 Å². The summed E-state index contributed by atoms with van der Waals surface area (Å²) in [7, 11) is 0. The van der Waals surface area contributed by atoms with Gasteiger partial charge in [-0.15, -0.1) is 0 Å². The Morgan fingerprint density at radius 1 is 1.44 bits per heavy atom. The minimum absolute atomic E-state index is 0.0416. The Hall–Kier alpha value is -1.39. The van der Waals surface area contributed by atoms with E-state index >= 15 is 0 Å². The number of aliphatic carboxylic acids is 1. The van der Waals surface area contributed by atoms with Crippen molar-refractivity contribution in [1.82, 2.24) is 10.2 Å². The highest BCUT2D eigenvalue weighted by atomic mass is 16.4. The molecule has 0 amide bonds. The summed E-state index contributed by atoms with van der Waals surface area (Å²) in [4.78, 5) is 13.2. The Kier molecular flexibility index (Phi) is 4.33. The van der Waals surface area contributed by atoms with Gasteiger partial charge in [-0.2, -0.15) is 0 Å². The number of carbonyl (C=O) groups is 1. The molecule has 4 heteroatoms. The molecule has 0 bridgehead atoms. The van der Waals surface area contributed by atoms with Crippen molar-refractivity contribution in [3.05, 3.63) is 35.9 Å². The lowest BCUT2D eigenvalue weighted by Gasteiger charge is -2.39. The van der Waals surface area contributed by atoms with Gasteiger partial charge in [0.05, 0.1) is 6.42 Å². The Labute approximate surface area is 108 Å². The fourth-order valence-electron chi connectivity index (χ4n) is 2.49. The van der Waals surface area contributed by atoms with Gasteiger partial charge in [-0.05, 0) is 12.5 Å². The summed E-state index contributed by atoms with van der Waals surface area (Å²) in [6.45, 7) is 4.81. The lowest BCUT2D eigenvalue weighted by Crippen LogP contribution is -2.56. The Morgan fingerprint density at radius 3 is 2.83 bits per heavy atom. The van der Waals surface area contributed by atoms with Crippen LogP contribution in [0.3, 0.4) is 0 Å². The number of hydrogen-bond acceptors (Lipinski definition) is 3. The number of rotatable bonds is 4. The van der Waals surface area contributed by atoms with Gasteiger partial charge in [-0.3, -0.25) is 9.69 Å². The molecule has 0 spiro atoms. The van der Waals surface area contributed by atoms with Gasteiger partial charge in [0.25, 0.3) is 0 Å². The molecule has 0 aromatic heterocycles. The first-order chi connectivity index (χ1) is 8.66. The molecular formula is C14H20N2O2. The second-order valence-electron chi connectivity index (χ2n) is 4.86. The van der Waals surface area contributed by atoms with Crippen LogP contribution in [-0.4, -0.2) is 41.1 Å². The Morgan fingerprint density at radius 2 is 2.17 bits per heavy atom. The van der Waals surface area contributed by atoms with Gasteiger partial charge in [0.15, 0.2) is 0 Å². The van der Waals surface area contributed by atoms with Crippen molar-refractivity contribution < 1.29 is 9.90 Å². The molecule has 0 aliphatic carbocycles. The monoisotopic (exact) mass is 248 g/mol. The number of carboxylic acid groups (broad SMARTS) is 1. The van der Waals surface area contributed by atoms with E-state index in [9.17, 15) is 4.79 Å². The van der Waals surface area contributed by atoms with Crippen molar-refractivity contribution in [1.29, 1.82) is 0 Å². The maximum Gasteiger partial charge on any atom is 0.304 e. The molecule has 1 aromatic rings. The van der Waals surface area contributed by atoms with Gasteiger partial charge < -0.3 is 10.4 Å². The molecule has 2 unspecified atom stereocenters. The number of benzene rings is 1. The van der Waals surface area contributed by atoms with Crippen molar-refractivity contribution in [3.8, 4) is 0 Å². The van der Waals surface area contributed by atoms with Crippen LogP contribution >= 0.6 is 0 Å². The molecular weight excluding hydrogens is 228 g/mol. The lowest BCUT2D eigenvalue weighted by atomic mass is 10.0. The predicted molar refractivity (Wildman–Crippen MR) is 70.4 cm³/mol. The molecule has 98 valence electrons. The van der Waals surface area contributed by atoms with Crippen molar-refractivity contribution in [2.24, 2.45) is 0 Å². The van der Waals surface area contributed by atoms with E-state index in [0.29, 0.717) is 0 Å². The SMILES string of the molecule is CC1C(CC(=O)O)NCCN1Cc1ccccc1. The molecule has 2 atom stereocenters. The molecule has 1 aromatic carbocycles. The van der Waals surface area contributed by atoms with Crippen LogP contribution in [0.1, 0.15) is 18.9 Å². The molecule has 2 N–H and O–H groups in total. The first-order valence-electron chi connectivity index (χ1n) is 6.40. The van der Waals surface area contributed by atoms with E-state index in [1.54, 1.807) is 0 Å². The summed E-state index contributed by atoms with van der Waals surface area (Å²) in [6.07, 6.45) is 0.187. The summed E-state index contributed by atoms with van der Waals surface area (Å²) in [5, 5.41) is 12.2. The number of piperazine rings is 1. The maximum atomic E-state index is 10.8. The molecule has 1 aliphatic heterocycles. The highest BCUT2D eigenvalue weighted by Crippen LogP contribution is 2.15. The van der Waals surface area contributed by atoms with Crippen molar-refractivity contribution in [3.63, 3.8) is 0 Å². The smallest absolute Gasteiger partial charge is 0.304 e. The average Bonchev–Trinajstić information content (AvgIpc) is 2.35. The largest absolute Gasteiger partial charge is 0.481 e. The second-order valence-corrected chi connectivity index (χ2v) is 4.86. The van der Waals surface area contributed by atoms with Crippen molar-refractivity contribution in [2.45, 2.75) is 32.0 Å². The predicted octanol–water partition coefficient (Wildman–Crippen LogP) is 1.32. The van der Waals surface area contributed by atoms with Crippen LogP contribution in [0.5, 0.6) is 0 Å². The van der Waals surface area contributed by atoms with Crippen molar-refractivity contribution >= 4 is 5.97 Å². The third-order valence-corrected chi connectivity index (χ3v) is 3.59. The average molecular weight is 248 g/mol. The topological polar surface area (TPSA) is 52.6 Å². The van der Waals surface area contributed by atoms with Crippen LogP contribution in [0, 0.1) is 0 Å². The molecule has 18 heavy (non-hydrogen) atoms. The van der Waals surface area contributed by atoms with Crippen LogP contribution in [0.25, 0.3) is 0 Å². The standard InChI is InChI=1S/C14H20N2O2/c1-11-13(9-14(17)18)15-7-8-16(11)10-12-5-3-2-4-6-12/h2-6,11,13,15H,7-10H2,1H3,(H,17,18). The zero-order valence-corrected chi connectivity index (χ0v) is 10.7. The van der Waals surface area contributed by atoms with E-state index < -0.39 is 5.97 Å². The quantitative estimate of drug-likeness (QED) is 0.844. The minimum atomic E-state index is -0.735. The number of carboxylic acids is 1. The molecule has 1 heterocycles. The summed E-state index contributed by atoms with van der Waals surface area (Å²) in [5.74, 6) is -0.735. The first-order valence-corrected chi connectivity index (χ1v) is 6.40. The summed E-state index contributed by atoms with van der Waals surface area (Å²) in [5.41, 5.74) is 1.28. The third kappa shape index (κ3) is 3.31. The van der Waals surface area contributed by atoms with Gasteiger partial charge in [-0.25, -0.2) is 0 Å². The van der Waals surface area contributed by atoms with Gasteiger partial charge >= 0.3 is 5.97 Å². The molecule has 1 fully saturated rings. The zero-order valence-electron chi connectivity index (χ0n) is 10.7. The number of hydrogen-bond donors (Lipinski definition) is 2. The molecule has 0 radical (unpaired) electrons. The summed E-state index contributed by atoms with van der Waals surface area (Å²) < 4.78 is 0. The fourth-order valence-corrected chi connectivity index (χ4v) is 2.49. The highest BCUT2D eigenvalue weighted by Gasteiger charge is 2.28. The van der Waals surface area contributed by atoms with E-state index in [1.807, 2.05) is 18.2 Å². The van der Waals surface area contributed by atoms with Gasteiger partial charge in [0.1, 0.15) is 0 Å². The van der Waals surface area contributed by atoms with Crippen molar-refractivity contribution in [2.75, 3.05) is 13.1 Å². The highest BCUT2D eigenvalue weighted by molar-refractivity contribution is 5.67. The van der Waals surface area contributed by atoms with Crippen LogP contribution in [0.15, 0.2) is 30.3 Å².